The summed E-state index contributed by atoms with van der Waals surface area (Å²) >= 11 is 6.02. The highest BCUT2D eigenvalue weighted by Crippen LogP contribution is 2.12. The van der Waals surface area contributed by atoms with Crippen molar-refractivity contribution < 1.29 is 9.18 Å². The normalized spacial score (nSPS) is 11.9. The molecule has 156 valence electrons. The highest BCUT2D eigenvalue weighted by molar-refractivity contribution is 6.30. The number of amides is 1. The number of nitrogens with zero attached hydrogens (tertiary/aromatic N) is 3. The van der Waals surface area contributed by atoms with E-state index in [-0.39, 0.29) is 18.3 Å². The van der Waals surface area contributed by atoms with Crippen molar-refractivity contribution in [3.05, 3.63) is 91.5 Å². The average Bonchev–Trinajstić information content (AvgIpc) is 2.71. The van der Waals surface area contributed by atoms with Crippen LogP contribution in [0.4, 0.5) is 4.39 Å². The molecule has 0 saturated heterocycles. The minimum Gasteiger partial charge on any atom is -0.348 e. The Hall–Kier alpha value is -3.26. The summed E-state index contributed by atoms with van der Waals surface area (Å²) in [5, 5.41) is 7.05. The van der Waals surface area contributed by atoms with E-state index in [0.29, 0.717) is 17.0 Å². The van der Waals surface area contributed by atoms with E-state index in [9.17, 15) is 18.8 Å². The van der Waals surface area contributed by atoms with Gasteiger partial charge in [-0.15, -0.1) is 0 Å². The predicted molar refractivity (Wildman–Crippen MR) is 112 cm³/mol. The second-order valence-corrected chi connectivity index (χ2v) is 7.26. The molecule has 0 aliphatic rings. The number of aromatic nitrogens is 3. The average molecular weight is 431 g/mol. The first-order valence-corrected chi connectivity index (χ1v) is 9.73. The maximum Gasteiger partial charge on any atom is 0.352 e. The first kappa shape index (κ1) is 21.4. The molecule has 1 heterocycles. The summed E-state index contributed by atoms with van der Waals surface area (Å²) in [4.78, 5) is 38.7. The Morgan fingerprint density at radius 1 is 1.20 bits per heavy atom. The van der Waals surface area contributed by atoms with E-state index >= 15 is 0 Å². The van der Waals surface area contributed by atoms with Crippen molar-refractivity contribution >= 4 is 17.5 Å². The molecule has 0 saturated carbocycles. The van der Waals surface area contributed by atoms with Crippen LogP contribution in [0.15, 0.2) is 58.1 Å². The van der Waals surface area contributed by atoms with E-state index in [4.69, 9.17) is 11.6 Å². The summed E-state index contributed by atoms with van der Waals surface area (Å²) in [7, 11) is 0. The van der Waals surface area contributed by atoms with Crippen molar-refractivity contribution in [2.45, 2.75) is 32.9 Å². The summed E-state index contributed by atoms with van der Waals surface area (Å²) in [6.45, 7) is 3.45. The van der Waals surface area contributed by atoms with Crippen LogP contribution in [0.2, 0.25) is 5.02 Å². The predicted octanol–water partition coefficient (Wildman–Crippen LogP) is 2.76. The van der Waals surface area contributed by atoms with Crippen molar-refractivity contribution in [1.29, 1.82) is 0 Å². The molecule has 1 amide bonds. The zero-order chi connectivity index (χ0) is 21.8. The van der Waals surface area contributed by atoms with Crippen LogP contribution >= 0.6 is 11.6 Å². The monoisotopic (exact) mass is 430 g/mol. The van der Waals surface area contributed by atoms with E-state index in [0.717, 1.165) is 9.25 Å². The maximum atomic E-state index is 13.6. The number of rotatable bonds is 6. The van der Waals surface area contributed by atoms with E-state index in [1.165, 1.54) is 24.3 Å². The van der Waals surface area contributed by atoms with Gasteiger partial charge in [-0.05, 0) is 49.2 Å². The van der Waals surface area contributed by atoms with Crippen LogP contribution in [0.1, 0.15) is 36.3 Å². The minimum atomic E-state index is -0.858. The third kappa shape index (κ3) is 4.65. The Kier molecular flexibility index (Phi) is 6.47. The first-order chi connectivity index (χ1) is 14.3. The Morgan fingerprint density at radius 3 is 2.60 bits per heavy atom. The lowest BCUT2D eigenvalue weighted by Gasteiger charge is -2.14. The molecular weight excluding hydrogens is 411 g/mol. The molecular formula is C21H20ClFN4O3. The van der Waals surface area contributed by atoms with Crippen LogP contribution in [0.3, 0.4) is 0 Å². The van der Waals surface area contributed by atoms with Crippen molar-refractivity contribution in [3.63, 3.8) is 0 Å². The maximum absolute atomic E-state index is 13.6. The van der Waals surface area contributed by atoms with Crippen LogP contribution in [-0.4, -0.2) is 26.3 Å². The fraction of sp³-hybridized carbons (Fsp3) is 0.238. The molecule has 2 aromatic carbocycles. The van der Waals surface area contributed by atoms with Crippen molar-refractivity contribution in [2.24, 2.45) is 0 Å². The standard InChI is InChI=1S/C21H20ClFN4O3/c1-3-13(2)24-19(28)18-20(29)26(12-14-6-4-8-16(23)10-14)21(30)27(25-18)17-9-5-7-15(22)11-17/h4-11,13H,3,12H2,1-2H3,(H,24,28). The van der Waals surface area contributed by atoms with Gasteiger partial charge in [0.25, 0.3) is 11.5 Å². The fourth-order valence-corrected chi connectivity index (χ4v) is 2.97. The molecule has 0 fully saturated rings. The summed E-state index contributed by atoms with van der Waals surface area (Å²) in [6.07, 6.45) is 0.650. The van der Waals surface area contributed by atoms with Gasteiger partial charge in [-0.25, -0.2) is 9.18 Å². The Balaban J connectivity index is 2.20. The van der Waals surface area contributed by atoms with Gasteiger partial charge in [-0.2, -0.15) is 9.78 Å². The van der Waals surface area contributed by atoms with Gasteiger partial charge >= 0.3 is 5.69 Å². The third-order valence-corrected chi connectivity index (χ3v) is 4.78. The number of nitrogens with one attached hydrogen (secondary N) is 1. The third-order valence-electron chi connectivity index (χ3n) is 4.55. The second-order valence-electron chi connectivity index (χ2n) is 6.83. The zero-order valence-electron chi connectivity index (χ0n) is 16.4. The number of hydrogen-bond acceptors (Lipinski definition) is 4. The molecule has 0 spiro atoms. The molecule has 1 N–H and O–H groups in total. The topological polar surface area (TPSA) is 86.0 Å². The smallest absolute Gasteiger partial charge is 0.348 e. The molecule has 9 heteroatoms. The number of carbonyl (C=O) groups excluding carboxylic acids is 1. The van der Waals surface area contributed by atoms with Gasteiger partial charge < -0.3 is 5.32 Å². The van der Waals surface area contributed by atoms with Gasteiger partial charge in [0.1, 0.15) is 5.82 Å². The number of halogens is 2. The van der Waals surface area contributed by atoms with E-state index in [2.05, 4.69) is 10.4 Å². The van der Waals surface area contributed by atoms with Gasteiger partial charge in [0.15, 0.2) is 0 Å². The van der Waals surface area contributed by atoms with Gasteiger partial charge in [-0.3, -0.25) is 14.2 Å². The minimum absolute atomic E-state index is 0.193. The SMILES string of the molecule is CCC(C)NC(=O)c1nn(-c2cccc(Cl)c2)c(=O)n(Cc2cccc(F)c2)c1=O. The Bertz CT molecular complexity index is 1210. The molecule has 0 bridgehead atoms. The molecule has 1 atom stereocenters. The Labute approximate surface area is 176 Å². The van der Waals surface area contributed by atoms with E-state index < -0.39 is 28.7 Å². The summed E-state index contributed by atoms with van der Waals surface area (Å²) in [6, 6.07) is 11.6. The van der Waals surface area contributed by atoms with Crippen LogP contribution in [-0.2, 0) is 6.54 Å². The number of carbonyl (C=O) groups is 1. The molecule has 7 nitrogen and oxygen atoms in total. The highest BCUT2D eigenvalue weighted by Gasteiger charge is 2.21. The lowest BCUT2D eigenvalue weighted by atomic mass is 10.2. The van der Waals surface area contributed by atoms with Crippen LogP contribution < -0.4 is 16.6 Å². The van der Waals surface area contributed by atoms with E-state index in [1.807, 2.05) is 6.92 Å². The van der Waals surface area contributed by atoms with Crippen LogP contribution in [0, 0.1) is 5.82 Å². The van der Waals surface area contributed by atoms with Crippen molar-refractivity contribution in [2.75, 3.05) is 0 Å². The quantitative estimate of drug-likeness (QED) is 0.651. The number of hydrogen-bond donors (Lipinski definition) is 1. The van der Waals surface area contributed by atoms with Crippen LogP contribution in [0.25, 0.3) is 5.69 Å². The molecule has 1 aromatic heterocycles. The van der Waals surface area contributed by atoms with Gasteiger partial charge in [-0.1, -0.05) is 36.7 Å². The molecule has 3 aromatic rings. The van der Waals surface area contributed by atoms with E-state index in [1.54, 1.807) is 31.2 Å². The van der Waals surface area contributed by atoms with Gasteiger partial charge in [0, 0.05) is 11.1 Å². The Morgan fingerprint density at radius 2 is 1.93 bits per heavy atom. The fourth-order valence-electron chi connectivity index (χ4n) is 2.78. The molecule has 3 rings (SSSR count). The molecule has 0 aliphatic heterocycles. The second kappa shape index (κ2) is 9.04. The largest absolute Gasteiger partial charge is 0.352 e. The molecule has 0 radical (unpaired) electrons. The van der Waals surface area contributed by atoms with Gasteiger partial charge in [0.05, 0.1) is 12.2 Å². The molecule has 0 aliphatic carbocycles. The summed E-state index contributed by atoms with van der Waals surface area (Å²) in [5.41, 5.74) is -1.38. The van der Waals surface area contributed by atoms with Crippen molar-refractivity contribution in [1.82, 2.24) is 19.7 Å². The van der Waals surface area contributed by atoms with Crippen molar-refractivity contribution in [3.8, 4) is 5.69 Å². The molecule has 30 heavy (non-hydrogen) atoms. The first-order valence-electron chi connectivity index (χ1n) is 9.35. The highest BCUT2D eigenvalue weighted by atomic mass is 35.5. The summed E-state index contributed by atoms with van der Waals surface area (Å²) in [5.74, 6) is -1.20. The summed E-state index contributed by atoms with van der Waals surface area (Å²) < 4.78 is 15.4. The van der Waals surface area contributed by atoms with Gasteiger partial charge in [0.2, 0.25) is 5.69 Å². The van der Waals surface area contributed by atoms with Crippen LogP contribution in [0.5, 0.6) is 0 Å². The lowest BCUT2D eigenvalue weighted by Crippen LogP contribution is -2.47. The lowest BCUT2D eigenvalue weighted by molar-refractivity contribution is 0.0929. The molecule has 1 unspecified atom stereocenters. The zero-order valence-corrected chi connectivity index (χ0v) is 17.2. The number of benzene rings is 2.